The molecule has 0 saturated heterocycles. The largest absolute Gasteiger partial charge is 0.484 e. The molecule has 176 valence electrons. The first-order valence-corrected chi connectivity index (χ1v) is 11.2. The van der Waals surface area contributed by atoms with Crippen molar-refractivity contribution in [2.75, 3.05) is 11.5 Å². The van der Waals surface area contributed by atoms with Gasteiger partial charge in [-0.05, 0) is 79.4 Å². The topological polar surface area (TPSA) is 103 Å². The van der Waals surface area contributed by atoms with Gasteiger partial charge < -0.3 is 14.9 Å². The van der Waals surface area contributed by atoms with Gasteiger partial charge in [0.2, 0.25) is 5.76 Å². The van der Waals surface area contributed by atoms with Crippen molar-refractivity contribution >= 4 is 28.5 Å². The molecule has 7 heteroatoms. The van der Waals surface area contributed by atoms with E-state index >= 15 is 0 Å². The Balaban J connectivity index is 1.71. The van der Waals surface area contributed by atoms with E-state index < -0.39 is 11.9 Å². The minimum absolute atomic E-state index is 0.0475. The first-order valence-electron chi connectivity index (χ1n) is 11.2. The highest BCUT2D eigenvalue weighted by atomic mass is 16.5. The summed E-state index contributed by atoms with van der Waals surface area (Å²) in [5, 5.41) is 0.442. The minimum Gasteiger partial charge on any atom is -0.484 e. The standard InChI is InChI=1S/C28H24N2O5/c1-15-5-4-6-19(11-15)30-25(18-7-9-20(10-8-18)34-14-23(29)31)24-26(32)21-12-16(2)17(3)13-22(21)35-27(24)28(30)33/h4-13,25H,14H2,1-3H3,(H2,29,31). The van der Waals surface area contributed by atoms with E-state index in [0.29, 0.717) is 33.5 Å². The van der Waals surface area contributed by atoms with Crippen molar-refractivity contribution in [2.24, 2.45) is 5.73 Å². The number of amides is 2. The summed E-state index contributed by atoms with van der Waals surface area (Å²) in [5.74, 6) is -0.450. The second-order valence-corrected chi connectivity index (χ2v) is 8.85. The van der Waals surface area contributed by atoms with E-state index in [4.69, 9.17) is 14.9 Å². The fraction of sp³-hybridized carbons (Fsp3) is 0.179. The van der Waals surface area contributed by atoms with Crippen LogP contribution in [0.1, 0.15) is 44.4 Å². The molecule has 3 aromatic carbocycles. The highest BCUT2D eigenvalue weighted by molar-refractivity contribution is 6.10. The fourth-order valence-corrected chi connectivity index (χ4v) is 4.49. The SMILES string of the molecule is Cc1cccc(N2C(=O)c3oc4cc(C)c(C)cc4c(=O)c3C2c2ccc(OCC(N)=O)cc2)c1. The van der Waals surface area contributed by atoms with Crippen molar-refractivity contribution in [2.45, 2.75) is 26.8 Å². The highest BCUT2D eigenvalue weighted by Gasteiger charge is 2.43. The number of nitrogens with zero attached hydrogens (tertiary/aromatic N) is 1. The molecule has 0 radical (unpaired) electrons. The summed E-state index contributed by atoms with van der Waals surface area (Å²) in [4.78, 5) is 40.1. The Morgan fingerprint density at radius 3 is 2.40 bits per heavy atom. The van der Waals surface area contributed by atoms with Crippen LogP contribution in [0.3, 0.4) is 0 Å². The molecule has 4 aromatic rings. The molecule has 5 rings (SSSR count). The van der Waals surface area contributed by atoms with E-state index in [1.54, 1.807) is 35.2 Å². The van der Waals surface area contributed by atoms with Gasteiger partial charge in [0.25, 0.3) is 11.8 Å². The van der Waals surface area contributed by atoms with Crippen LogP contribution in [0.15, 0.2) is 69.9 Å². The van der Waals surface area contributed by atoms with Crippen LogP contribution >= 0.6 is 0 Å². The Morgan fingerprint density at radius 1 is 1.00 bits per heavy atom. The lowest BCUT2D eigenvalue weighted by molar-refractivity contribution is -0.119. The molecule has 0 aliphatic carbocycles. The maximum atomic E-state index is 13.8. The average molecular weight is 469 g/mol. The van der Waals surface area contributed by atoms with Crippen LogP contribution < -0.4 is 20.8 Å². The zero-order chi connectivity index (χ0) is 24.9. The van der Waals surface area contributed by atoms with Crippen molar-refractivity contribution in [3.8, 4) is 5.75 Å². The van der Waals surface area contributed by atoms with E-state index in [0.717, 1.165) is 16.7 Å². The number of primary amides is 1. The number of benzene rings is 3. The van der Waals surface area contributed by atoms with Crippen molar-refractivity contribution in [1.29, 1.82) is 0 Å². The number of aryl methyl sites for hydroxylation is 3. The molecule has 0 fully saturated rings. The van der Waals surface area contributed by atoms with Gasteiger partial charge in [0.15, 0.2) is 12.0 Å². The van der Waals surface area contributed by atoms with E-state index in [9.17, 15) is 14.4 Å². The molecular weight excluding hydrogens is 444 g/mol. The molecule has 2 N–H and O–H groups in total. The molecule has 7 nitrogen and oxygen atoms in total. The number of carbonyl (C=O) groups excluding carboxylic acids is 2. The molecule has 35 heavy (non-hydrogen) atoms. The lowest BCUT2D eigenvalue weighted by Crippen LogP contribution is -2.29. The van der Waals surface area contributed by atoms with E-state index in [2.05, 4.69) is 0 Å². The van der Waals surface area contributed by atoms with Gasteiger partial charge in [0, 0.05) is 5.69 Å². The summed E-state index contributed by atoms with van der Waals surface area (Å²) in [6.45, 7) is 5.58. The Bertz CT molecular complexity index is 1550. The zero-order valence-electron chi connectivity index (χ0n) is 19.6. The lowest BCUT2D eigenvalue weighted by atomic mass is 9.97. The third kappa shape index (κ3) is 3.85. The molecule has 1 aliphatic rings. The van der Waals surface area contributed by atoms with Gasteiger partial charge in [0.1, 0.15) is 11.3 Å². The van der Waals surface area contributed by atoms with Crippen LogP contribution in [-0.2, 0) is 4.79 Å². The van der Waals surface area contributed by atoms with Gasteiger partial charge in [-0.1, -0.05) is 24.3 Å². The Morgan fingerprint density at radius 2 is 1.71 bits per heavy atom. The van der Waals surface area contributed by atoms with Crippen LogP contribution in [0.4, 0.5) is 5.69 Å². The number of anilines is 1. The number of nitrogens with two attached hydrogens (primary N) is 1. The van der Waals surface area contributed by atoms with Gasteiger partial charge in [-0.2, -0.15) is 0 Å². The summed E-state index contributed by atoms with van der Waals surface area (Å²) in [6.07, 6.45) is 0. The van der Waals surface area contributed by atoms with Gasteiger partial charge >= 0.3 is 0 Å². The normalized spacial score (nSPS) is 14.9. The van der Waals surface area contributed by atoms with Crippen LogP contribution in [0.25, 0.3) is 11.0 Å². The molecule has 0 spiro atoms. The van der Waals surface area contributed by atoms with Gasteiger partial charge in [0.05, 0.1) is 17.0 Å². The highest BCUT2D eigenvalue weighted by Crippen LogP contribution is 2.41. The molecule has 1 atom stereocenters. The van der Waals surface area contributed by atoms with Gasteiger partial charge in [-0.15, -0.1) is 0 Å². The number of ether oxygens (including phenoxy) is 1. The maximum absolute atomic E-state index is 13.8. The third-order valence-corrected chi connectivity index (χ3v) is 6.34. The molecule has 1 unspecified atom stereocenters. The molecule has 1 aromatic heterocycles. The van der Waals surface area contributed by atoms with Gasteiger partial charge in [-0.3, -0.25) is 19.3 Å². The number of fused-ring (bicyclic) bond motifs is 2. The Kier molecular flexibility index (Phi) is 5.40. The van der Waals surface area contributed by atoms with Crippen LogP contribution in [-0.4, -0.2) is 18.4 Å². The number of hydrogen-bond donors (Lipinski definition) is 1. The second kappa shape index (κ2) is 8.43. The van der Waals surface area contributed by atoms with Crippen molar-refractivity contribution in [1.82, 2.24) is 0 Å². The first-order chi connectivity index (χ1) is 16.7. The van der Waals surface area contributed by atoms with E-state index in [-0.39, 0.29) is 23.7 Å². The zero-order valence-corrected chi connectivity index (χ0v) is 19.6. The Hall–Kier alpha value is -4.39. The Labute approximate surface area is 201 Å². The summed E-state index contributed by atoms with van der Waals surface area (Å²) < 4.78 is 11.5. The number of carbonyl (C=O) groups is 2. The second-order valence-electron chi connectivity index (χ2n) is 8.85. The predicted molar refractivity (Wildman–Crippen MR) is 133 cm³/mol. The lowest BCUT2D eigenvalue weighted by Gasteiger charge is -2.25. The van der Waals surface area contributed by atoms with Crippen LogP contribution in [0.2, 0.25) is 0 Å². The van der Waals surface area contributed by atoms with Crippen molar-refractivity contribution in [3.63, 3.8) is 0 Å². The molecule has 2 amide bonds. The molecular formula is C28H24N2O5. The number of rotatable bonds is 5. The van der Waals surface area contributed by atoms with Crippen LogP contribution in [0, 0.1) is 20.8 Å². The van der Waals surface area contributed by atoms with Crippen molar-refractivity contribution in [3.05, 3.63) is 104 Å². The molecule has 0 saturated carbocycles. The summed E-state index contributed by atoms with van der Waals surface area (Å²) in [5.41, 5.74) is 9.93. The van der Waals surface area contributed by atoms with Gasteiger partial charge in [-0.25, -0.2) is 0 Å². The fourth-order valence-electron chi connectivity index (χ4n) is 4.49. The predicted octanol–water partition coefficient (Wildman–Crippen LogP) is 4.33. The quantitative estimate of drug-likeness (QED) is 0.470. The van der Waals surface area contributed by atoms with Crippen molar-refractivity contribution < 1.29 is 18.7 Å². The third-order valence-electron chi connectivity index (χ3n) is 6.34. The monoisotopic (exact) mass is 468 g/mol. The number of hydrogen-bond acceptors (Lipinski definition) is 5. The molecule has 1 aliphatic heterocycles. The molecule has 2 heterocycles. The summed E-state index contributed by atoms with van der Waals surface area (Å²) in [6, 6.07) is 17.4. The maximum Gasteiger partial charge on any atom is 0.295 e. The average Bonchev–Trinajstić information content (AvgIpc) is 3.12. The summed E-state index contributed by atoms with van der Waals surface area (Å²) >= 11 is 0. The van der Waals surface area contributed by atoms with E-state index in [1.165, 1.54) is 0 Å². The van der Waals surface area contributed by atoms with Crippen LogP contribution in [0.5, 0.6) is 5.75 Å². The summed E-state index contributed by atoms with van der Waals surface area (Å²) in [7, 11) is 0. The molecule has 0 bridgehead atoms. The minimum atomic E-state index is -0.688. The van der Waals surface area contributed by atoms with E-state index in [1.807, 2.05) is 51.1 Å². The smallest absolute Gasteiger partial charge is 0.295 e. The first kappa shape index (κ1) is 22.4.